The fourth-order valence-electron chi connectivity index (χ4n) is 3.12. The number of rotatable bonds is 13. The molecule has 2 aromatic rings. The van der Waals surface area contributed by atoms with Gasteiger partial charge in [0.2, 0.25) is 0 Å². The summed E-state index contributed by atoms with van der Waals surface area (Å²) < 4.78 is 5.28. The summed E-state index contributed by atoms with van der Waals surface area (Å²) in [5.74, 6) is -0.958. The third-order valence-electron chi connectivity index (χ3n) is 4.94. The zero-order valence-electron chi connectivity index (χ0n) is 18.6. The van der Waals surface area contributed by atoms with Crippen LogP contribution in [-0.4, -0.2) is 48.4 Å². The highest BCUT2D eigenvalue weighted by Crippen LogP contribution is 2.31. The Hall–Kier alpha value is -2.45. The fraction of sp³-hybridized carbons (Fsp3) is 0.522. The minimum atomic E-state index is -0.958. The number of carboxylic acid groups (broad SMARTS) is 1. The van der Waals surface area contributed by atoms with Gasteiger partial charge in [-0.3, -0.25) is 4.90 Å². The molecule has 1 atom stereocenters. The summed E-state index contributed by atoms with van der Waals surface area (Å²) in [6.07, 6.45) is 7.00. The molecule has 2 amide bonds. The van der Waals surface area contributed by atoms with Crippen molar-refractivity contribution in [3.63, 3.8) is 0 Å². The first-order valence-corrected chi connectivity index (χ1v) is 11.7. The largest absolute Gasteiger partial charge is 0.479 e. The molecule has 0 aliphatic heterocycles. The van der Waals surface area contributed by atoms with E-state index in [1.807, 2.05) is 24.3 Å². The summed E-state index contributed by atoms with van der Waals surface area (Å²) in [5, 5.41) is 12.8. The molecule has 0 radical (unpaired) electrons. The lowest BCUT2D eigenvalue weighted by atomic mass is 10.1. The number of aliphatic carboxylic acids is 1. The number of thiazole rings is 1. The van der Waals surface area contributed by atoms with Gasteiger partial charge in [0, 0.05) is 32.8 Å². The van der Waals surface area contributed by atoms with Gasteiger partial charge in [-0.05, 0) is 24.5 Å². The quantitative estimate of drug-likeness (QED) is 0.424. The van der Waals surface area contributed by atoms with Crippen molar-refractivity contribution < 1.29 is 19.4 Å². The molecule has 0 unspecified atom stereocenters. The lowest BCUT2D eigenvalue weighted by Crippen LogP contribution is -2.37. The average molecular weight is 448 g/mol. The maximum atomic E-state index is 12.4. The third kappa shape index (κ3) is 7.95. The van der Waals surface area contributed by atoms with Crippen LogP contribution >= 0.6 is 11.3 Å². The van der Waals surface area contributed by atoms with Gasteiger partial charge >= 0.3 is 12.0 Å². The van der Waals surface area contributed by atoms with E-state index in [4.69, 9.17) is 4.74 Å². The van der Waals surface area contributed by atoms with Gasteiger partial charge in [-0.1, -0.05) is 68.2 Å². The number of benzene rings is 1. The SMILES string of the molecule is CCCCCCCNC(=O)N(C)c1ncc(-c2ccc(C[C@H](OCC)C(=O)O)cc2)s1. The van der Waals surface area contributed by atoms with Gasteiger partial charge in [-0.2, -0.15) is 0 Å². The zero-order valence-corrected chi connectivity index (χ0v) is 19.4. The Kier molecular flexibility index (Phi) is 10.5. The highest BCUT2D eigenvalue weighted by Gasteiger charge is 2.18. The Morgan fingerprint density at radius 1 is 1.16 bits per heavy atom. The molecule has 0 spiro atoms. The summed E-state index contributed by atoms with van der Waals surface area (Å²) in [7, 11) is 1.72. The van der Waals surface area contributed by atoms with Crippen molar-refractivity contribution in [3.8, 4) is 10.4 Å². The molecular formula is C23H33N3O4S. The number of nitrogens with zero attached hydrogens (tertiary/aromatic N) is 2. The number of nitrogens with one attached hydrogen (secondary N) is 1. The van der Waals surface area contributed by atoms with Crippen LogP contribution in [0.4, 0.5) is 9.93 Å². The topological polar surface area (TPSA) is 91.8 Å². The summed E-state index contributed by atoms with van der Waals surface area (Å²) >= 11 is 1.44. The molecule has 31 heavy (non-hydrogen) atoms. The predicted octanol–water partition coefficient (Wildman–Crippen LogP) is 4.96. The molecule has 1 aromatic heterocycles. The molecule has 0 saturated carbocycles. The molecular weight excluding hydrogens is 414 g/mol. The second-order valence-corrected chi connectivity index (χ2v) is 8.40. The highest BCUT2D eigenvalue weighted by molar-refractivity contribution is 7.19. The van der Waals surface area contributed by atoms with Gasteiger partial charge in [-0.25, -0.2) is 14.6 Å². The second kappa shape index (κ2) is 13.1. The summed E-state index contributed by atoms with van der Waals surface area (Å²) in [6.45, 7) is 5.00. The number of carbonyl (C=O) groups is 2. The van der Waals surface area contributed by atoms with Crippen molar-refractivity contribution in [2.45, 2.75) is 58.5 Å². The van der Waals surface area contributed by atoms with Crippen molar-refractivity contribution in [1.82, 2.24) is 10.3 Å². The van der Waals surface area contributed by atoms with E-state index in [-0.39, 0.29) is 6.03 Å². The second-order valence-electron chi connectivity index (χ2n) is 7.40. The molecule has 0 aliphatic rings. The number of hydrogen-bond donors (Lipinski definition) is 2. The van der Waals surface area contributed by atoms with Crippen LogP contribution in [-0.2, 0) is 16.0 Å². The van der Waals surface area contributed by atoms with E-state index in [9.17, 15) is 14.7 Å². The number of ether oxygens (including phenoxy) is 1. The van der Waals surface area contributed by atoms with E-state index in [0.29, 0.717) is 24.7 Å². The number of amides is 2. The molecule has 0 saturated heterocycles. The minimum absolute atomic E-state index is 0.151. The van der Waals surface area contributed by atoms with Crippen molar-refractivity contribution in [1.29, 1.82) is 0 Å². The van der Waals surface area contributed by atoms with Crippen molar-refractivity contribution in [2.24, 2.45) is 0 Å². The number of anilines is 1. The number of unbranched alkanes of at least 4 members (excludes halogenated alkanes) is 4. The van der Waals surface area contributed by atoms with Crippen LogP contribution in [0.5, 0.6) is 0 Å². The summed E-state index contributed by atoms with van der Waals surface area (Å²) in [5.41, 5.74) is 1.87. The maximum absolute atomic E-state index is 12.4. The van der Waals surface area contributed by atoms with Gasteiger partial charge in [0.05, 0.1) is 4.88 Å². The average Bonchev–Trinajstić information content (AvgIpc) is 3.25. The number of carboxylic acids is 1. The lowest BCUT2D eigenvalue weighted by Gasteiger charge is -2.14. The van der Waals surface area contributed by atoms with Gasteiger partial charge < -0.3 is 15.2 Å². The van der Waals surface area contributed by atoms with Crippen molar-refractivity contribution in [2.75, 3.05) is 25.1 Å². The Balaban J connectivity index is 1.91. The maximum Gasteiger partial charge on any atom is 0.333 e. The van der Waals surface area contributed by atoms with Crippen LogP contribution in [0.15, 0.2) is 30.5 Å². The molecule has 7 nitrogen and oxygen atoms in total. The zero-order chi connectivity index (χ0) is 22.6. The molecule has 2 rings (SSSR count). The molecule has 2 N–H and O–H groups in total. The minimum Gasteiger partial charge on any atom is -0.479 e. The first-order chi connectivity index (χ1) is 15.0. The molecule has 8 heteroatoms. The Labute approximate surface area is 188 Å². The number of carbonyl (C=O) groups excluding carboxylic acids is 1. The van der Waals surface area contributed by atoms with Crippen LogP contribution in [0.2, 0.25) is 0 Å². The lowest BCUT2D eigenvalue weighted by molar-refractivity contribution is -0.149. The Morgan fingerprint density at radius 3 is 2.52 bits per heavy atom. The van der Waals surface area contributed by atoms with E-state index in [1.54, 1.807) is 20.2 Å². The normalized spacial score (nSPS) is 11.8. The van der Waals surface area contributed by atoms with Crippen LogP contribution in [0.1, 0.15) is 51.5 Å². The third-order valence-corrected chi connectivity index (χ3v) is 6.07. The first-order valence-electron chi connectivity index (χ1n) is 10.9. The van der Waals surface area contributed by atoms with E-state index in [2.05, 4.69) is 17.2 Å². The van der Waals surface area contributed by atoms with Gasteiger partial charge in [0.25, 0.3) is 0 Å². The molecule has 0 bridgehead atoms. The standard InChI is InChI=1S/C23H33N3O4S/c1-4-6-7-8-9-14-24-22(29)26(3)23-25-16-20(31-23)18-12-10-17(11-13-18)15-19(21(27)28)30-5-2/h10-13,16,19H,4-9,14-15H2,1-3H3,(H,24,29)(H,27,28)/t19-/m0/s1. The van der Waals surface area contributed by atoms with E-state index < -0.39 is 12.1 Å². The number of aromatic nitrogens is 1. The predicted molar refractivity (Wildman–Crippen MR) is 125 cm³/mol. The van der Waals surface area contributed by atoms with Crippen molar-refractivity contribution in [3.05, 3.63) is 36.0 Å². The van der Waals surface area contributed by atoms with E-state index in [1.165, 1.54) is 35.5 Å². The van der Waals surface area contributed by atoms with Crippen molar-refractivity contribution >= 4 is 28.5 Å². The summed E-state index contributed by atoms with van der Waals surface area (Å²) in [6, 6.07) is 7.53. The Bertz CT molecular complexity index is 822. The van der Waals surface area contributed by atoms with E-state index in [0.717, 1.165) is 28.8 Å². The highest BCUT2D eigenvalue weighted by atomic mass is 32.1. The molecule has 0 aliphatic carbocycles. The molecule has 1 heterocycles. The van der Waals surface area contributed by atoms with E-state index >= 15 is 0 Å². The Morgan fingerprint density at radius 2 is 1.87 bits per heavy atom. The van der Waals surface area contributed by atoms with Gasteiger partial charge in [0.1, 0.15) is 0 Å². The summed E-state index contributed by atoms with van der Waals surface area (Å²) in [4.78, 5) is 30.5. The van der Waals surface area contributed by atoms with Crippen LogP contribution in [0.25, 0.3) is 10.4 Å². The number of urea groups is 1. The molecule has 0 fully saturated rings. The van der Waals surface area contributed by atoms with Gasteiger partial charge in [0.15, 0.2) is 11.2 Å². The monoisotopic (exact) mass is 447 g/mol. The first kappa shape index (κ1) is 24.8. The van der Waals surface area contributed by atoms with Crippen LogP contribution < -0.4 is 10.2 Å². The number of hydrogen-bond acceptors (Lipinski definition) is 5. The smallest absolute Gasteiger partial charge is 0.333 e. The van der Waals surface area contributed by atoms with Crippen LogP contribution in [0, 0.1) is 0 Å². The van der Waals surface area contributed by atoms with Gasteiger partial charge in [-0.15, -0.1) is 0 Å². The fourth-order valence-corrected chi connectivity index (χ4v) is 4.00. The molecule has 1 aromatic carbocycles. The molecule has 170 valence electrons. The van der Waals surface area contributed by atoms with Crippen LogP contribution in [0.3, 0.4) is 0 Å².